The van der Waals surface area contributed by atoms with Crippen LogP contribution in [-0.2, 0) is 16.0 Å². The number of esters is 1. The van der Waals surface area contributed by atoms with E-state index in [0.29, 0.717) is 29.2 Å². The molecule has 2 aliphatic rings. The molecule has 0 saturated heterocycles. The van der Waals surface area contributed by atoms with E-state index in [1.807, 2.05) is 145 Å². The van der Waals surface area contributed by atoms with Crippen LogP contribution in [0.4, 0.5) is 17.1 Å². The van der Waals surface area contributed by atoms with Crippen molar-refractivity contribution in [2.24, 2.45) is 5.10 Å². The Hall–Kier alpha value is -5.53. The molecule has 7 heteroatoms. The quantitative estimate of drug-likeness (QED) is 0.130. The van der Waals surface area contributed by atoms with Crippen LogP contribution in [0.2, 0.25) is 0 Å². The summed E-state index contributed by atoms with van der Waals surface area (Å²) in [5.41, 5.74) is 4.37. The fraction of sp³-hybridized carbons (Fsp3) is 0.103. The number of methoxy groups -OCH3 is 1. The number of rotatable bonds is 8. The Morgan fingerprint density at radius 1 is 0.674 bits per heavy atom. The summed E-state index contributed by atoms with van der Waals surface area (Å²) in [5.74, 6) is 0.201. The Kier molecular flexibility index (Phi) is 7.91. The van der Waals surface area contributed by atoms with Gasteiger partial charge in [-0.1, -0.05) is 127 Å². The van der Waals surface area contributed by atoms with Crippen molar-refractivity contribution in [2.75, 3.05) is 21.9 Å². The number of carbonyl (C=O) groups is 1. The maximum Gasteiger partial charge on any atom is 0.340 e. The van der Waals surface area contributed by atoms with Crippen molar-refractivity contribution in [2.45, 2.75) is 18.5 Å². The molecule has 0 N–H and O–H groups in total. The zero-order chi connectivity index (χ0) is 31.5. The summed E-state index contributed by atoms with van der Waals surface area (Å²) in [6, 6.07) is 50.2. The van der Waals surface area contributed by atoms with Crippen molar-refractivity contribution in [1.29, 1.82) is 0 Å². The van der Waals surface area contributed by atoms with E-state index < -0.39 is 11.6 Å². The summed E-state index contributed by atoms with van der Waals surface area (Å²) in [4.78, 5) is 19.1. The lowest BCUT2D eigenvalue weighted by Gasteiger charge is -2.43. The van der Waals surface area contributed by atoms with Crippen LogP contribution in [0.3, 0.4) is 0 Å². The second-order valence-corrected chi connectivity index (χ2v) is 11.4. The van der Waals surface area contributed by atoms with Crippen molar-refractivity contribution >= 4 is 46.1 Å². The number of hydrogen-bond donors (Lipinski definition) is 0. The van der Waals surface area contributed by atoms with Crippen molar-refractivity contribution < 1.29 is 9.53 Å². The van der Waals surface area contributed by atoms with E-state index in [9.17, 15) is 4.79 Å². The highest BCUT2D eigenvalue weighted by molar-refractivity contribution is 7.81. The monoisotopic (exact) mass is 620 g/mol. The Morgan fingerprint density at radius 3 is 1.74 bits per heavy atom. The minimum Gasteiger partial charge on any atom is -0.465 e. The Balaban J connectivity index is 1.56. The van der Waals surface area contributed by atoms with Crippen molar-refractivity contribution in [1.82, 2.24) is 0 Å². The van der Waals surface area contributed by atoms with Crippen molar-refractivity contribution in [3.05, 3.63) is 174 Å². The van der Waals surface area contributed by atoms with Crippen LogP contribution < -0.4 is 14.8 Å². The molecule has 46 heavy (non-hydrogen) atoms. The Morgan fingerprint density at radius 2 is 1.17 bits per heavy atom. The van der Waals surface area contributed by atoms with Gasteiger partial charge in [-0.05, 0) is 54.8 Å². The number of amidine groups is 1. The van der Waals surface area contributed by atoms with E-state index in [2.05, 4.69) is 21.9 Å². The number of ether oxygens (including phenoxy) is 1. The molecule has 0 radical (unpaired) electrons. The largest absolute Gasteiger partial charge is 0.465 e. The molecule has 5 aromatic rings. The zero-order valence-corrected chi connectivity index (χ0v) is 26.2. The lowest BCUT2D eigenvalue weighted by molar-refractivity contribution is -0.136. The molecule has 6 nitrogen and oxygen atoms in total. The number of hydrazone groups is 1. The first-order valence-corrected chi connectivity index (χ1v) is 15.7. The predicted octanol–water partition coefficient (Wildman–Crippen LogP) is 7.98. The Labute approximate surface area is 274 Å². The van der Waals surface area contributed by atoms with Crippen LogP contribution in [0, 0.1) is 0 Å². The van der Waals surface area contributed by atoms with Gasteiger partial charge < -0.3 is 9.64 Å². The summed E-state index contributed by atoms with van der Waals surface area (Å²) in [7, 11) is 1.43. The molecule has 1 unspecified atom stereocenters. The van der Waals surface area contributed by atoms with Crippen molar-refractivity contribution in [3.63, 3.8) is 0 Å². The average molecular weight is 621 g/mol. The first kappa shape index (κ1) is 29.2. The van der Waals surface area contributed by atoms with Gasteiger partial charge in [0.1, 0.15) is 10.6 Å². The lowest BCUT2D eigenvalue weighted by atomic mass is 9.94. The van der Waals surface area contributed by atoms with Gasteiger partial charge in [-0.3, -0.25) is 4.90 Å². The number of nitrogens with zero attached hydrogens (tertiary/aromatic N) is 4. The van der Waals surface area contributed by atoms with E-state index >= 15 is 0 Å². The molecule has 2 heterocycles. The molecule has 1 atom stereocenters. The lowest BCUT2D eigenvalue weighted by Crippen LogP contribution is -2.64. The van der Waals surface area contributed by atoms with Gasteiger partial charge in [0.2, 0.25) is 5.66 Å². The number of hydrogen-bond acceptors (Lipinski definition) is 6. The second-order valence-electron chi connectivity index (χ2n) is 11.1. The van der Waals surface area contributed by atoms with Gasteiger partial charge in [0.05, 0.1) is 12.8 Å². The number of thiocarbonyl (C=S) groups is 1. The van der Waals surface area contributed by atoms with Crippen LogP contribution in [0.25, 0.3) is 0 Å². The van der Waals surface area contributed by atoms with E-state index in [1.165, 1.54) is 7.11 Å². The van der Waals surface area contributed by atoms with Crippen LogP contribution >= 0.6 is 12.2 Å². The first-order chi connectivity index (χ1) is 22.6. The molecular weight excluding hydrogens is 589 g/mol. The highest BCUT2D eigenvalue weighted by atomic mass is 32.1. The molecule has 0 aliphatic carbocycles. The van der Waals surface area contributed by atoms with Crippen LogP contribution in [-0.4, -0.2) is 29.6 Å². The predicted molar refractivity (Wildman–Crippen MR) is 189 cm³/mol. The normalized spacial score (nSPS) is 17.5. The maximum atomic E-state index is 14.4. The number of anilines is 3. The highest BCUT2D eigenvalue weighted by Crippen LogP contribution is 2.51. The molecule has 0 aromatic heterocycles. The third-order valence-corrected chi connectivity index (χ3v) is 8.86. The first-order valence-electron chi connectivity index (χ1n) is 15.2. The number of benzene rings is 5. The minimum atomic E-state index is -1.38. The van der Waals surface area contributed by atoms with Crippen LogP contribution in [0.5, 0.6) is 0 Å². The summed E-state index contributed by atoms with van der Waals surface area (Å²) in [5, 5.41) is 7.24. The number of aryl methyl sites for hydroxylation is 1. The van der Waals surface area contributed by atoms with E-state index in [1.54, 1.807) is 0 Å². The van der Waals surface area contributed by atoms with Crippen molar-refractivity contribution in [3.8, 4) is 0 Å². The molecular formula is C39H32N4O2S. The Bertz CT molecular complexity index is 1920. The second kappa shape index (κ2) is 12.5. The topological polar surface area (TPSA) is 48.4 Å². The van der Waals surface area contributed by atoms with E-state index in [0.717, 1.165) is 33.9 Å². The van der Waals surface area contributed by atoms with E-state index in [4.69, 9.17) is 22.1 Å². The third-order valence-electron chi connectivity index (χ3n) is 8.39. The number of para-hydroxylation sites is 3. The SMILES string of the molecule is COC(=O)C1=C(CCc2ccccc2)N(c2ccccc2)C(=S)C12N(c1ccccc1)N=C(c1ccccc1)N2c1ccccc1. The minimum absolute atomic E-state index is 0.433. The molecule has 0 fully saturated rings. The smallest absolute Gasteiger partial charge is 0.340 e. The summed E-state index contributed by atoms with van der Waals surface area (Å²) < 4.78 is 5.66. The molecule has 0 bridgehead atoms. The maximum absolute atomic E-state index is 14.4. The molecule has 0 amide bonds. The fourth-order valence-electron chi connectivity index (χ4n) is 6.39. The highest BCUT2D eigenvalue weighted by Gasteiger charge is 2.65. The van der Waals surface area contributed by atoms with Gasteiger partial charge in [0, 0.05) is 22.6 Å². The van der Waals surface area contributed by atoms with Gasteiger partial charge in [0.25, 0.3) is 0 Å². The molecule has 1 spiro atoms. The summed E-state index contributed by atoms with van der Waals surface area (Å²) >= 11 is 6.62. The van der Waals surface area contributed by atoms with Crippen LogP contribution in [0.1, 0.15) is 17.5 Å². The number of allylic oxidation sites excluding steroid dienone is 1. The average Bonchev–Trinajstić information content (AvgIpc) is 3.61. The van der Waals surface area contributed by atoms with Gasteiger partial charge >= 0.3 is 5.97 Å². The molecule has 7 rings (SSSR count). The molecule has 0 saturated carbocycles. The van der Waals surface area contributed by atoms with Crippen LogP contribution in [0.15, 0.2) is 168 Å². The number of carbonyl (C=O) groups excluding carboxylic acids is 1. The summed E-state index contributed by atoms with van der Waals surface area (Å²) in [6.45, 7) is 0. The van der Waals surface area contributed by atoms with Gasteiger partial charge in [-0.2, -0.15) is 5.10 Å². The van der Waals surface area contributed by atoms with E-state index in [-0.39, 0.29) is 0 Å². The summed E-state index contributed by atoms with van der Waals surface area (Å²) in [6.07, 6.45) is 1.24. The molecule has 226 valence electrons. The van der Waals surface area contributed by atoms with Gasteiger partial charge in [0.15, 0.2) is 5.84 Å². The third kappa shape index (κ3) is 4.86. The molecule has 2 aliphatic heterocycles. The zero-order valence-electron chi connectivity index (χ0n) is 25.4. The standard InChI is InChI=1S/C39H32N4O2S/c1-45-37(44)35-34(28-27-29-17-7-2-8-18-29)41(31-21-11-4-12-22-31)38(46)39(35)42(32-23-13-5-14-24-32)36(30-19-9-3-10-20-30)40-43(39)33-25-15-6-16-26-33/h2-26H,27-28H2,1H3. The molecule has 5 aromatic carbocycles. The van der Waals surface area contributed by atoms with Gasteiger partial charge in [-0.25, -0.2) is 9.80 Å². The van der Waals surface area contributed by atoms with Gasteiger partial charge in [-0.15, -0.1) is 0 Å². The fourth-order valence-corrected chi connectivity index (χ4v) is 6.89.